The van der Waals surface area contributed by atoms with E-state index in [4.69, 9.17) is 26.4 Å². The molecule has 5 rings (SSSR count). The van der Waals surface area contributed by atoms with Gasteiger partial charge in [-0.1, -0.05) is 72.3 Å². The molecule has 0 aliphatic carbocycles. The highest BCUT2D eigenvalue weighted by Gasteiger charge is 2.14. The van der Waals surface area contributed by atoms with Gasteiger partial charge in [0.15, 0.2) is 5.82 Å². The maximum absolute atomic E-state index is 11.2. The van der Waals surface area contributed by atoms with Crippen LogP contribution in [0.4, 0.5) is 0 Å². The van der Waals surface area contributed by atoms with E-state index in [1.165, 1.54) is 16.9 Å². The molecule has 36 heavy (non-hydrogen) atoms. The number of rotatable bonds is 9. The molecule has 0 amide bonds. The van der Waals surface area contributed by atoms with E-state index in [-0.39, 0.29) is 5.56 Å². The van der Waals surface area contributed by atoms with E-state index in [0.717, 1.165) is 33.1 Å². The second-order valence-corrected chi connectivity index (χ2v) is 10.1. The van der Waals surface area contributed by atoms with Crippen molar-refractivity contribution >= 4 is 28.9 Å². The normalized spacial score (nSPS) is 11.0. The molecule has 7 heteroatoms. The van der Waals surface area contributed by atoms with E-state index in [1.807, 2.05) is 59.3 Å². The third-order valence-electron chi connectivity index (χ3n) is 5.73. The number of carbonyl (C=O) groups is 1. The van der Waals surface area contributed by atoms with Crippen molar-refractivity contribution in [1.82, 2.24) is 9.55 Å². The molecule has 0 spiro atoms. The van der Waals surface area contributed by atoms with Crippen LogP contribution < -0.4 is 0 Å². The Kier molecular flexibility index (Phi) is 7.28. The van der Waals surface area contributed by atoms with Crippen molar-refractivity contribution in [2.24, 2.45) is 0 Å². The fraction of sp³-hybridized carbons (Fsp3) is 0.103. The summed E-state index contributed by atoms with van der Waals surface area (Å²) in [5.74, 6) is -0.134. The zero-order chi connectivity index (χ0) is 24.9. The van der Waals surface area contributed by atoms with Gasteiger partial charge < -0.3 is 14.4 Å². The summed E-state index contributed by atoms with van der Waals surface area (Å²) >= 11 is 7.66. The van der Waals surface area contributed by atoms with Crippen LogP contribution in [0.25, 0.3) is 21.8 Å². The Morgan fingerprint density at radius 1 is 0.889 bits per heavy atom. The van der Waals surface area contributed by atoms with E-state index in [0.29, 0.717) is 24.1 Å². The van der Waals surface area contributed by atoms with Crippen LogP contribution in [-0.2, 0) is 24.5 Å². The summed E-state index contributed by atoms with van der Waals surface area (Å²) in [5, 5.41) is 9.16. The maximum Gasteiger partial charge on any atom is 0.335 e. The van der Waals surface area contributed by atoms with Crippen molar-refractivity contribution in [3.8, 4) is 21.8 Å². The predicted molar refractivity (Wildman–Crippen MR) is 143 cm³/mol. The number of halogens is 1. The Morgan fingerprint density at radius 3 is 2.39 bits per heavy atom. The van der Waals surface area contributed by atoms with Crippen LogP contribution in [0, 0.1) is 0 Å². The first-order valence-electron chi connectivity index (χ1n) is 11.4. The molecule has 180 valence electrons. The summed E-state index contributed by atoms with van der Waals surface area (Å²) in [6.07, 6.45) is 1.98. The number of carboxylic acid groups (broad SMARTS) is 1. The molecule has 0 aliphatic heterocycles. The first-order chi connectivity index (χ1) is 17.5. The number of ether oxygens (including phenoxy) is 1. The highest BCUT2D eigenvalue weighted by molar-refractivity contribution is 7.19. The molecule has 5 nitrogen and oxygen atoms in total. The molecule has 1 N–H and O–H groups in total. The van der Waals surface area contributed by atoms with Crippen LogP contribution >= 0.6 is 22.9 Å². The van der Waals surface area contributed by atoms with E-state index < -0.39 is 5.97 Å². The molecule has 0 fully saturated rings. The second-order valence-electron chi connectivity index (χ2n) is 8.35. The number of thiophene rings is 1. The monoisotopic (exact) mass is 514 g/mol. The lowest BCUT2D eigenvalue weighted by molar-refractivity contribution is 0.0697. The number of aromatic carboxylic acids is 1. The predicted octanol–water partition coefficient (Wildman–Crippen LogP) is 7.40. The van der Waals surface area contributed by atoms with Gasteiger partial charge in [-0.25, -0.2) is 9.78 Å². The molecule has 0 radical (unpaired) electrons. The van der Waals surface area contributed by atoms with E-state index in [9.17, 15) is 4.79 Å². The van der Waals surface area contributed by atoms with Crippen LogP contribution in [0.5, 0.6) is 0 Å². The zero-order valence-electron chi connectivity index (χ0n) is 19.3. The third kappa shape index (κ3) is 5.74. The molecule has 0 aliphatic rings. The zero-order valence-corrected chi connectivity index (χ0v) is 20.9. The van der Waals surface area contributed by atoms with Gasteiger partial charge in [-0.3, -0.25) is 0 Å². The molecule has 0 saturated carbocycles. The topological polar surface area (TPSA) is 64.3 Å². The van der Waals surface area contributed by atoms with E-state index in [2.05, 4.69) is 30.3 Å². The third-order valence-corrected chi connectivity index (χ3v) is 6.95. The standard InChI is InChI=1S/C29H23ClN2O3S/c30-27-14-13-26(36-27)28-31-25(17-32(28)16-20-9-11-23(12-10-20)29(33)34)19-35-18-21-5-4-8-24(15-21)22-6-2-1-3-7-22/h1-15,17H,16,18-19H2,(H,33,34). The average molecular weight is 515 g/mol. The minimum absolute atomic E-state index is 0.264. The second kappa shape index (κ2) is 10.9. The molecule has 2 aromatic heterocycles. The van der Waals surface area contributed by atoms with Crippen LogP contribution in [0.3, 0.4) is 0 Å². The highest BCUT2D eigenvalue weighted by Crippen LogP contribution is 2.31. The fourth-order valence-corrected chi connectivity index (χ4v) is 5.03. The first kappa shape index (κ1) is 24.0. The molecular weight excluding hydrogens is 492 g/mol. The molecule has 0 atom stereocenters. The average Bonchev–Trinajstić information content (AvgIpc) is 3.51. The highest BCUT2D eigenvalue weighted by atomic mass is 35.5. The molecule has 5 aromatic rings. The van der Waals surface area contributed by atoms with Crippen LogP contribution in [0.1, 0.15) is 27.2 Å². The van der Waals surface area contributed by atoms with Crippen molar-refractivity contribution in [2.45, 2.75) is 19.8 Å². The number of benzene rings is 3. The Morgan fingerprint density at radius 2 is 1.67 bits per heavy atom. The Bertz CT molecular complexity index is 1480. The van der Waals surface area contributed by atoms with Crippen molar-refractivity contribution in [2.75, 3.05) is 0 Å². The van der Waals surface area contributed by atoms with E-state index in [1.54, 1.807) is 12.1 Å². The Hall–Kier alpha value is -3.71. The summed E-state index contributed by atoms with van der Waals surface area (Å²) < 4.78 is 8.78. The minimum Gasteiger partial charge on any atom is -0.478 e. The van der Waals surface area contributed by atoms with Gasteiger partial charge in [-0.15, -0.1) is 11.3 Å². The number of carboxylic acids is 1. The number of hydrogen-bond donors (Lipinski definition) is 1. The van der Waals surface area contributed by atoms with Crippen LogP contribution in [0.2, 0.25) is 4.34 Å². The molecule has 3 aromatic carbocycles. The van der Waals surface area contributed by atoms with Crippen LogP contribution in [-0.4, -0.2) is 20.6 Å². The van der Waals surface area contributed by atoms with Gasteiger partial charge >= 0.3 is 5.97 Å². The molecule has 0 bridgehead atoms. The summed E-state index contributed by atoms with van der Waals surface area (Å²) in [7, 11) is 0. The smallest absolute Gasteiger partial charge is 0.335 e. The van der Waals surface area contributed by atoms with Gasteiger partial charge in [0, 0.05) is 12.7 Å². The van der Waals surface area contributed by atoms with Crippen LogP contribution in [0.15, 0.2) is 97.2 Å². The van der Waals surface area contributed by atoms with Gasteiger partial charge in [0.2, 0.25) is 0 Å². The summed E-state index contributed by atoms with van der Waals surface area (Å²) in [4.78, 5) is 17.0. The largest absolute Gasteiger partial charge is 0.478 e. The number of nitrogens with zero attached hydrogens (tertiary/aromatic N) is 2. The summed E-state index contributed by atoms with van der Waals surface area (Å²) in [6.45, 7) is 1.40. The minimum atomic E-state index is -0.938. The SMILES string of the molecule is O=C(O)c1ccc(Cn2cc(COCc3cccc(-c4ccccc4)c3)nc2-c2ccc(Cl)s2)cc1. The number of hydrogen-bond acceptors (Lipinski definition) is 4. The quantitative estimate of drug-likeness (QED) is 0.222. The molecule has 2 heterocycles. The van der Waals surface area contributed by atoms with Gasteiger partial charge in [0.1, 0.15) is 0 Å². The van der Waals surface area contributed by atoms with Gasteiger partial charge in [0.05, 0.1) is 33.7 Å². The Labute approximate surface area is 218 Å². The molecular formula is C29H23ClN2O3S. The van der Waals surface area contributed by atoms with Gasteiger partial charge in [0.25, 0.3) is 0 Å². The van der Waals surface area contributed by atoms with E-state index >= 15 is 0 Å². The number of imidazole rings is 1. The van der Waals surface area contributed by atoms with Crippen molar-refractivity contribution in [1.29, 1.82) is 0 Å². The van der Waals surface area contributed by atoms with Crippen molar-refractivity contribution < 1.29 is 14.6 Å². The lowest BCUT2D eigenvalue weighted by atomic mass is 10.0. The summed E-state index contributed by atoms with van der Waals surface area (Å²) in [6, 6.07) is 29.3. The molecule has 0 unspecified atom stereocenters. The van der Waals surface area contributed by atoms with Crippen molar-refractivity contribution in [3.63, 3.8) is 0 Å². The Balaban J connectivity index is 1.31. The van der Waals surface area contributed by atoms with Gasteiger partial charge in [-0.05, 0) is 52.6 Å². The first-order valence-corrected chi connectivity index (χ1v) is 12.6. The summed E-state index contributed by atoms with van der Waals surface area (Å²) in [5.41, 5.74) is 5.49. The van der Waals surface area contributed by atoms with Gasteiger partial charge in [-0.2, -0.15) is 0 Å². The number of aromatic nitrogens is 2. The lowest BCUT2D eigenvalue weighted by Gasteiger charge is -2.07. The van der Waals surface area contributed by atoms with Crippen molar-refractivity contribution in [3.05, 3.63) is 124 Å². The lowest BCUT2D eigenvalue weighted by Crippen LogP contribution is -2.02. The maximum atomic E-state index is 11.2. The molecule has 0 saturated heterocycles. The fourth-order valence-electron chi connectivity index (χ4n) is 3.99.